The minimum atomic E-state index is -0.228. The number of anilines is 1. The smallest absolute Gasteiger partial charge is 0.319 e. The van der Waals surface area contributed by atoms with Crippen LogP contribution >= 0.6 is 11.6 Å². The molecule has 1 heterocycles. The van der Waals surface area contributed by atoms with Gasteiger partial charge in [-0.25, -0.2) is 4.79 Å². The summed E-state index contributed by atoms with van der Waals surface area (Å²) in [6, 6.07) is 17.1. The zero-order valence-corrected chi connectivity index (χ0v) is 15.6. The number of rotatable bonds is 5. The molecule has 2 aromatic rings. The number of morpholine rings is 1. The van der Waals surface area contributed by atoms with Gasteiger partial charge in [0.1, 0.15) is 0 Å². The third-order valence-corrected chi connectivity index (χ3v) is 4.77. The van der Waals surface area contributed by atoms with Gasteiger partial charge >= 0.3 is 6.03 Å². The number of hydrogen-bond acceptors (Lipinski definition) is 3. The number of carbonyl (C=O) groups excluding carboxylic acids is 1. The topological polar surface area (TPSA) is 53.6 Å². The number of benzene rings is 2. The Morgan fingerprint density at radius 1 is 1.08 bits per heavy atom. The molecule has 0 aromatic heterocycles. The Bertz CT molecular complexity index is 703. The normalized spacial score (nSPS) is 17.3. The van der Waals surface area contributed by atoms with E-state index in [0.717, 1.165) is 13.1 Å². The molecule has 0 spiro atoms. The van der Waals surface area contributed by atoms with Crippen molar-refractivity contribution in [3.63, 3.8) is 0 Å². The third-order valence-electron chi connectivity index (χ3n) is 4.51. The highest BCUT2D eigenvalue weighted by atomic mass is 35.5. The molecule has 26 heavy (non-hydrogen) atoms. The number of urea groups is 1. The van der Waals surface area contributed by atoms with E-state index in [1.807, 2.05) is 25.1 Å². The van der Waals surface area contributed by atoms with Crippen molar-refractivity contribution in [1.82, 2.24) is 10.2 Å². The molecule has 5 nitrogen and oxygen atoms in total. The summed E-state index contributed by atoms with van der Waals surface area (Å²) in [5.41, 5.74) is 1.90. The molecule has 2 unspecified atom stereocenters. The molecule has 2 atom stereocenters. The van der Waals surface area contributed by atoms with Crippen molar-refractivity contribution in [3.8, 4) is 0 Å². The van der Waals surface area contributed by atoms with Crippen molar-refractivity contribution in [2.45, 2.75) is 19.0 Å². The Hall–Kier alpha value is -2.08. The maximum atomic E-state index is 12.4. The van der Waals surface area contributed by atoms with Crippen LogP contribution in [0.5, 0.6) is 0 Å². The van der Waals surface area contributed by atoms with Gasteiger partial charge in [-0.3, -0.25) is 4.90 Å². The van der Waals surface area contributed by atoms with E-state index in [4.69, 9.17) is 16.3 Å². The summed E-state index contributed by atoms with van der Waals surface area (Å²) in [7, 11) is 0. The van der Waals surface area contributed by atoms with E-state index in [0.29, 0.717) is 23.9 Å². The first-order chi connectivity index (χ1) is 12.6. The van der Waals surface area contributed by atoms with E-state index >= 15 is 0 Å². The molecule has 138 valence electrons. The summed E-state index contributed by atoms with van der Waals surface area (Å²) >= 11 is 5.88. The van der Waals surface area contributed by atoms with Gasteiger partial charge in [0, 0.05) is 29.8 Å². The number of ether oxygens (including phenoxy) is 1. The minimum Gasteiger partial charge on any atom is -0.379 e. The highest BCUT2D eigenvalue weighted by molar-refractivity contribution is 6.30. The van der Waals surface area contributed by atoms with Crippen molar-refractivity contribution >= 4 is 23.3 Å². The van der Waals surface area contributed by atoms with E-state index in [1.54, 1.807) is 24.3 Å². The average Bonchev–Trinajstić information content (AvgIpc) is 2.65. The molecule has 2 amide bonds. The second-order valence-electron chi connectivity index (χ2n) is 6.40. The average molecular weight is 374 g/mol. The monoisotopic (exact) mass is 373 g/mol. The van der Waals surface area contributed by atoms with Crippen molar-refractivity contribution < 1.29 is 9.53 Å². The Balaban J connectivity index is 1.69. The molecule has 2 aromatic carbocycles. The number of nitrogens with zero attached hydrogens (tertiary/aromatic N) is 1. The summed E-state index contributed by atoms with van der Waals surface area (Å²) < 4.78 is 5.48. The van der Waals surface area contributed by atoms with Gasteiger partial charge in [0.25, 0.3) is 0 Å². The van der Waals surface area contributed by atoms with Crippen molar-refractivity contribution in [1.29, 1.82) is 0 Å². The van der Waals surface area contributed by atoms with Crippen LogP contribution < -0.4 is 10.6 Å². The predicted molar refractivity (Wildman–Crippen MR) is 105 cm³/mol. The van der Waals surface area contributed by atoms with E-state index in [-0.39, 0.29) is 18.1 Å². The summed E-state index contributed by atoms with van der Waals surface area (Å²) in [6.45, 7) is 5.17. The molecule has 0 aliphatic carbocycles. The van der Waals surface area contributed by atoms with Gasteiger partial charge in [0.15, 0.2) is 0 Å². The first kappa shape index (κ1) is 18.7. The van der Waals surface area contributed by atoms with Crippen LogP contribution in [-0.4, -0.2) is 43.3 Å². The van der Waals surface area contributed by atoms with Crippen LogP contribution in [0.25, 0.3) is 0 Å². The fourth-order valence-electron chi connectivity index (χ4n) is 3.31. The number of halogens is 1. The third kappa shape index (κ3) is 4.97. The minimum absolute atomic E-state index is 0.0669. The lowest BCUT2D eigenvalue weighted by Crippen LogP contribution is -2.49. The Labute approximate surface area is 159 Å². The summed E-state index contributed by atoms with van der Waals surface area (Å²) in [5.74, 6) is 0. The van der Waals surface area contributed by atoms with Crippen LogP contribution in [0, 0.1) is 0 Å². The van der Waals surface area contributed by atoms with E-state index < -0.39 is 0 Å². The second kappa shape index (κ2) is 9.03. The van der Waals surface area contributed by atoms with Crippen LogP contribution in [-0.2, 0) is 4.74 Å². The molecule has 1 saturated heterocycles. The van der Waals surface area contributed by atoms with E-state index in [2.05, 4.69) is 27.7 Å². The molecule has 0 saturated carbocycles. The fourth-order valence-corrected chi connectivity index (χ4v) is 3.43. The van der Waals surface area contributed by atoms with Gasteiger partial charge in [-0.15, -0.1) is 0 Å². The summed E-state index contributed by atoms with van der Waals surface area (Å²) in [6.07, 6.45) is 0. The van der Waals surface area contributed by atoms with Crippen LogP contribution in [0.3, 0.4) is 0 Å². The molecule has 3 rings (SSSR count). The maximum absolute atomic E-state index is 12.4. The largest absolute Gasteiger partial charge is 0.379 e. The molecule has 1 aliphatic rings. The van der Waals surface area contributed by atoms with Crippen LogP contribution in [0.4, 0.5) is 10.5 Å². The second-order valence-corrected chi connectivity index (χ2v) is 6.83. The zero-order chi connectivity index (χ0) is 18.4. The maximum Gasteiger partial charge on any atom is 0.319 e. The van der Waals surface area contributed by atoms with Crippen molar-refractivity contribution in [2.24, 2.45) is 0 Å². The molecule has 2 N–H and O–H groups in total. The summed E-state index contributed by atoms with van der Waals surface area (Å²) in [4.78, 5) is 14.8. The van der Waals surface area contributed by atoms with Gasteiger partial charge in [-0.1, -0.05) is 41.9 Å². The Kier molecular flexibility index (Phi) is 6.50. The van der Waals surface area contributed by atoms with Crippen LogP contribution in [0.15, 0.2) is 54.6 Å². The lowest BCUT2D eigenvalue weighted by Gasteiger charge is -2.38. The molecule has 0 bridgehead atoms. The lowest BCUT2D eigenvalue weighted by atomic mass is 9.98. The van der Waals surface area contributed by atoms with Crippen LogP contribution in [0.1, 0.15) is 18.5 Å². The molecular formula is C20H24ClN3O2. The number of carbonyl (C=O) groups is 1. The predicted octanol–water partition coefficient (Wildman–Crippen LogP) is 3.92. The van der Waals surface area contributed by atoms with Crippen molar-refractivity contribution in [3.05, 3.63) is 65.2 Å². The summed E-state index contributed by atoms with van der Waals surface area (Å²) in [5, 5.41) is 6.57. The Morgan fingerprint density at radius 2 is 1.73 bits per heavy atom. The van der Waals surface area contributed by atoms with Crippen molar-refractivity contribution in [2.75, 3.05) is 31.6 Å². The SMILES string of the molecule is CC(NC(=O)Nc1ccc(Cl)cc1)C(c1ccccc1)N1CCOCC1. The standard InChI is InChI=1S/C20H24ClN3O2/c1-15(22-20(25)23-18-9-7-17(21)8-10-18)19(16-5-3-2-4-6-16)24-11-13-26-14-12-24/h2-10,15,19H,11-14H2,1H3,(H2,22,23,25). The molecule has 0 radical (unpaired) electrons. The highest BCUT2D eigenvalue weighted by Gasteiger charge is 2.28. The van der Waals surface area contributed by atoms with Gasteiger partial charge in [0.2, 0.25) is 0 Å². The van der Waals surface area contributed by atoms with Gasteiger partial charge in [0.05, 0.1) is 19.3 Å². The first-order valence-corrected chi connectivity index (χ1v) is 9.21. The Morgan fingerprint density at radius 3 is 2.38 bits per heavy atom. The molecule has 1 aliphatic heterocycles. The van der Waals surface area contributed by atoms with Gasteiger partial charge in [-0.2, -0.15) is 0 Å². The fraction of sp³-hybridized carbons (Fsp3) is 0.350. The van der Waals surface area contributed by atoms with E-state index in [9.17, 15) is 4.79 Å². The molecule has 6 heteroatoms. The van der Waals surface area contributed by atoms with Gasteiger partial charge in [-0.05, 0) is 36.8 Å². The molecular weight excluding hydrogens is 350 g/mol. The number of hydrogen-bond donors (Lipinski definition) is 2. The quantitative estimate of drug-likeness (QED) is 0.835. The lowest BCUT2D eigenvalue weighted by molar-refractivity contribution is 0.00974. The van der Waals surface area contributed by atoms with E-state index in [1.165, 1.54) is 5.56 Å². The molecule has 1 fully saturated rings. The zero-order valence-electron chi connectivity index (χ0n) is 14.8. The number of nitrogens with one attached hydrogen (secondary N) is 2. The van der Waals surface area contributed by atoms with Gasteiger partial charge < -0.3 is 15.4 Å². The highest BCUT2D eigenvalue weighted by Crippen LogP contribution is 2.25. The number of amides is 2. The first-order valence-electron chi connectivity index (χ1n) is 8.83. The van der Waals surface area contributed by atoms with Crippen LogP contribution in [0.2, 0.25) is 5.02 Å².